The second kappa shape index (κ2) is 6.30. The molecule has 1 aromatic heterocycles. The predicted molar refractivity (Wildman–Crippen MR) is 75.1 cm³/mol. The number of likely N-dealkylation sites (N-methyl/N-ethyl adjacent to an activating group) is 1. The SMILES string of the molecule is CCN(Cc1ccccn1)C1CC(C)CCC1N. The number of rotatable bonds is 4. The lowest BCUT2D eigenvalue weighted by Crippen LogP contribution is -2.50. The van der Waals surface area contributed by atoms with Gasteiger partial charge in [-0.1, -0.05) is 19.9 Å². The topological polar surface area (TPSA) is 42.2 Å². The Balaban J connectivity index is 2.03. The molecule has 0 aliphatic heterocycles. The highest BCUT2D eigenvalue weighted by molar-refractivity contribution is 5.04. The zero-order valence-electron chi connectivity index (χ0n) is 11.5. The number of pyridine rings is 1. The molecule has 0 aromatic carbocycles. The number of aromatic nitrogens is 1. The molecule has 0 bridgehead atoms. The highest BCUT2D eigenvalue weighted by Crippen LogP contribution is 2.27. The molecule has 2 N–H and O–H groups in total. The van der Waals surface area contributed by atoms with Gasteiger partial charge in [0.2, 0.25) is 0 Å². The van der Waals surface area contributed by atoms with Crippen molar-refractivity contribution in [2.24, 2.45) is 11.7 Å². The van der Waals surface area contributed by atoms with Crippen molar-refractivity contribution in [3.05, 3.63) is 30.1 Å². The van der Waals surface area contributed by atoms with Crippen LogP contribution in [-0.2, 0) is 6.54 Å². The van der Waals surface area contributed by atoms with Crippen LogP contribution in [0.1, 0.15) is 38.8 Å². The van der Waals surface area contributed by atoms with Crippen LogP contribution < -0.4 is 5.73 Å². The molecule has 1 saturated carbocycles. The lowest BCUT2D eigenvalue weighted by molar-refractivity contribution is 0.113. The van der Waals surface area contributed by atoms with Crippen molar-refractivity contribution in [3.8, 4) is 0 Å². The largest absolute Gasteiger partial charge is 0.326 e. The van der Waals surface area contributed by atoms with Crippen molar-refractivity contribution in [1.82, 2.24) is 9.88 Å². The first-order valence-corrected chi connectivity index (χ1v) is 7.10. The van der Waals surface area contributed by atoms with Crippen molar-refractivity contribution in [3.63, 3.8) is 0 Å². The average molecular weight is 247 g/mol. The van der Waals surface area contributed by atoms with Crippen LogP contribution in [0.15, 0.2) is 24.4 Å². The Bertz CT molecular complexity index is 352. The third kappa shape index (κ3) is 3.30. The summed E-state index contributed by atoms with van der Waals surface area (Å²) in [7, 11) is 0. The van der Waals surface area contributed by atoms with Gasteiger partial charge in [0.1, 0.15) is 0 Å². The molecule has 0 saturated heterocycles. The van der Waals surface area contributed by atoms with Gasteiger partial charge in [-0.15, -0.1) is 0 Å². The normalized spacial score (nSPS) is 28.6. The maximum Gasteiger partial charge on any atom is 0.0544 e. The average Bonchev–Trinajstić information content (AvgIpc) is 2.40. The molecule has 3 atom stereocenters. The molecule has 1 aliphatic carbocycles. The molecule has 18 heavy (non-hydrogen) atoms. The van der Waals surface area contributed by atoms with Crippen molar-refractivity contribution >= 4 is 0 Å². The molecule has 0 amide bonds. The molecule has 0 radical (unpaired) electrons. The molecular weight excluding hydrogens is 222 g/mol. The van der Waals surface area contributed by atoms with E-state index in [0.717, 1.165) is 31.1 Å². The maximum atomic E-state index is 6.31. The smallest absolute Gasteiger partial charge is 0.0544 e. The van der Waals surface area contributed by atoms with Crippen LogP contribution in [0.3, 0.4) is 0 Å². The van der Waals surface area contributed by atoms with E-state index in [1.165, 1.54) is 12.8 Å². The quantitative estimate of drug-likeness (QED) is 0.888. The maximum absolute atomic E-state index is 6.31. The van der Waals surface area contributed by atoms with Gasteiger partial charge in [-0.05, 0) is 43.9 Å². The molecule has 2 rings (SSSR count). The number of nitrogens with two attached hydrogens (primary N) is 1. The van der Waals surface area contributed by atoms with Crippen molar-refractivity contribution in [2.45, 2.75) is 51.7 Å². The van der Waals surface area contributed by atoms with E-state index in [9.17, 15) is 0 Å². The molecule has 0 spiro atoms. The molecule has 1 aromatic rings. The number of hydrogen-bond donors (Lipinski definition) is 1. The van der Waals surface area contributed by atoms with Gasteiger partial charge in [0, 0.05) is 24.8 Å². The molecule has 3 heteroatoms. The fourth-order valence-corrected chi connectivity index (χ4v) is 2.96. The lowest BCUT2D eigenvalue weighted by Gasteiger charge is -2.40. The Morgan fingerprint density at radius 1 is 1.39 bits per heavy atom. The second-order valence-electron chi connectivity index (χ2n) is 5.53. The van der Waals surface area contributed by atoms with Crippen LogP contribution in [0.5, 0.6) is 0 Å². The second-order valence-corrected chi connectivity index (χ2v) is 5.53. The summed E-state index contributed by atoms with van der Waals surface area (Å²) in [4.78, 5) is 6.91. The van der Waals surface area contributed by atoms with Gasteiger partial charge in [0.15, 0.2) is 0 Å². The fraction of sp³-hybridized carbons (Fsp3) is 0.667. The first kappa shape index (κ1) is 13.5. The summed E-state index contributed by atoms with van der Waals surface area (Å²) >= 11 is 0. The predicted octanol–water partition coefficient (Wildman–Crippen LogP) is 2.42. The van der Waals surface area contributed by atoms with E-state index < -0.39 is 0 Å². The summed E-state index contributed by atoms with van der Waals surface area (Å²) in [5, 5.41) is 0. The van der Waals surface area contributed by atoms with Crippen LogP contribution in [0.4, 0.5) is 0 Å². The summed E-state index contributed by atoms with van der Waals surface area (Å²) in [5.74, 6) is 0.799. The van der Waals surface area contributed by atoms with Gasteiger partial charge < -0.3 is 5.73 Å². The first-order chi connectivity index (χ1) is 8.70. The zero-order chi connectivity index (χ0) is 13.0. The van der Waals surface area contributed by atoms with E-state index in [4.69, 9.17) is 5.73 Å². The molecule has 1 aliphatic rings. The van der Waals surface area contributed by atoms with E-state index in [1.807, 2.05) is 12.3 Å². The summed E-state index contributed by atoms with van der Waals surface area (Å²) in [6.45, 7) is 6.52. The summed E-state index contributed by atoms with van der Waals surface area (Å²) in [5.41, 5.74) is 7.45. The van der Waals surface area contributed by atoms with Crippen LogP contribution in [0.25, 0.3) is 0 Å². The lowest BCUT2D eigenvalue weighted by atomic mass is 9.83. The minimum absolute atomic E-state index is 0.324. The molecule has 3 unspecified atom stereocenters. The Labute approximate surface area is 110 Å². The number of hydrogen-bond acceptors (Lipinski definition) is 3. The molecule has 3 nitrogen and oxygen atoms in total. The van der Waals surface area contributed by atoms with E-state index in [2.05, 4.69) is 35.9 Å². The molecule has 1 heterocycles. The summed E-state index contributed by atoms with van der Waals surface area (Å²) in [6, 6.07) is 6.96. The third-order valence-electron chi connectivity index (χ3n) is 4.10. The van der Waals surface area contributed by atoms with Gasteiger partial charge in [0.25, 0.3) is 0 Å². The van der Waals surface area contributed by atoms with Crippen LogP contribution >= 0.6 is 0 Å². The van der Waals surface area contributed by atoms with Gasteiger partial charge in [-0.3, -0.25) is 9.88 Å². The monoisotopic (exact) mass is 247 g/mol. The molecule has 1 fully saturated rings. The van der Waals surface area contributed by atoms with Crippen LogP contribution in [0, 0.1) is 5.92 Å². The highest BCUT2D eigenvalue weighted by atomic mass is 15.2. The molecule has 100 valence electrons. The summed E-state index contributed by atoms with van der Waals surface area (Å²) in [6.07, 6.45) is 5.53. The number of nitrogens with zero attached hydrogens (tertiary/aromatic N) is 2. The Kier molecular flexibility index (Phi) is 4.72. The van der Waals surface area contributed by atoms with E-state index in [1.54, 1.807) is 0 Å². The Morgan fingerprint density at radius 2 is 2.22 bits per heavy atom. The minimum atomic E-state index is 0.324. The fourth-order valence-electron chi connectivity index (χ4n) is 2.96. The van der Waals surface area contributed by atoms with E-state index >= 15 is 0 Å². The highest BCUT2D eigenvalue weighted by Gasteiger charge is 2.30. The molecular formula is C15H25N3. The van der Waals surface area contributed by atoms with Crippen molar-refractivity contribution < 1.29 is 0 Å². The standard InChI is InChI=1S/C15H25N3/c1-3-18(11-13-6-4-5-9-17-13)15-10-12(2)7-8-14(15)16/h4-6,9,12,14-15H,3,7-8,10-11,16H2,1-2H3. The van der Waals surface area contributed by atoms with Crippen molar-refractivity contribution in [1.29, 1.82) is 0 Å². The van der Waals surface area contributed by atoms with Gasteiger partial charge >= 0.3 is 0 Å². The Hall–Kier alpha value is -0.930. The zero-order valence-corrected chi connectivity index (χ0v) is 11.5. The van der Waals surface area contributed by atoms with Crippen molar-refractivity contribution in [2.75, 3.05) is 6.54 Å². The van der Waals surface area contributed by atoms with Gasteiger partial charge in [-0.2, -0.15) is 0 Å². The Morgan fingerprint density at radius 3 is 2.89 bits per heavy atom. The van der Waals surface area contributed by atoms with Crippen LogP contribution in [-0.4, -0.2) is 28.5 Å². The van der Waals surface area contributed by atoms with Gasteiger partial charge in [0.05, 0.1) is 5.69 Å². The van der Waals surface area contributed by atoms with E-state index in [-0.39, 0.29) is 0 Å². The first-order valence-electron chi connectivity index (χ1n) is 7.10. The third-order valence-corrected chi connectivity index (χ3v) is 4.10. The summed E-state index contributed by atoms with van der Waals surface area (Å²) < 4.78 is 0. The van der Waals surface area contributed by atoms with E-state index in [0.29, 0.717) is 12.1 Å². The van der Waals surface area contributed by atoms with Crippen LogP contribution in [0.2, 0.25) is 0 Å². The minimum Gasteiger partial charge on any atom is -0.326 e. The van der Waals surface area contributed by atoms with Gasteiger partial charge in [-0.25, -0.2) is 0 Å².